The maximum absolute atomic E-state index is 12.2. The highest BCUT2D eigenvalue weighted by Crippen LogP contribution is 2.19. The molecule has 100 valence electrons. The number of rotatable bonds is 9. The van der Waals surface area contributed by atoms with E-state index in [-0.39, 0.29) is 5.91 Å². The van der Waals surface area contributed by atoms with E-state index in [0.717, 1.165) is 12.0 Å². The Morgan fingerprint density at radius 1 is 1.11 bits per heavy atom. The molecule has 0 radical (unpaired) electrons. The molecule has 0 aromatic carbocycles. The smallest absolute Gasteiger partial charge is 0.263 e. The maximum Gasteiger partial charge on any atom is 0.263 e. The van der Waals surface area contributed by atoms with E-state index < -0.39 is 0 Å². The molecule has 0 unspecified atom stereocenters. The average molecular weight is 248 g/mol. The number of nitrogens with zero attached hydrogens (tertiary/aromatic N) is 1. The maximum atomic E-state index is 12.2. The number of allylic oxidation sites excluding steroid dienone is 4. The van der Waals surface area contributed by atoms with Crippen LogP contribution in [0, 0.1) is 0 Å². The molecule has 0 atom stereocenters. The van der Waals surface area contributed by atoms with Crippen molar-refractivity contribution in [2.75, 3.05) is 6.54 Å². The van der Waals surface area contributed by atoms with Gasteiger partial charge in [0.25, 0.3) is 5.91 Å². The Hall–Kier alpha value is -1.61. The van der Waals surface area contributed by atoms with Gasteiger partial charge in [0.1, 0.15) is 0 Å². The molecule has 0 aromatic rings. The molecule has 0 aliphatic rings. The van der Waals surface area contributed by atoms with E-state index in [1.54, 1.807) is 18.2 Å². The molecule has 3 nitrogen and oxygen atoms in total. The molecule has 0 spiro atoms. The Bertz CT molecular complexity index is 330. The molecule has 3 heteroatoms. The number of carbonyl (C=O) groups is 1. The number of carbonyl (C=O) groups excluding carboxylic acids is 1. The van der Waals surface area contributed by atoms with E-state index in [1.807, 2.05) is 6.92 Å². The summed E-state index contributed by atoms with van der Waals surface area (Å²) in [5, 5.41) is 1.27. The zero-order valence-electron chi connectivity index (χ0n) is 11.3. The van der Waals surface area contributed by atoms with Crippen molar-refractivity contribution >= 4 is 5.91 Å². The van der Waals surface area contributed by atoms with Crippen LogP contribution in [0.4, 0.5) is 0 Å². The quantitative estimate of drug-likeness (QED) is 0.224. The second kappa shape index (κ2) is 9.42. The molecule has 0 saturated heterocycles. The first-order chi connectivity index (χ1) is 8.62. The van der Waals surface area contributed by atoms with E-state index in [4.69, 9.17) is 5.84 Å². The Kier molecular flexibility index (Phi) is 8.58. The van der Waals surface area contributed by atoms with Crippen molar-refractivity contribution in [3.63, 3.8) is 0 Å². The largest absolute Gasteiger partial charge is 0.277 e. The third kappa shape index (κ3) is 5.15. The molecule has 1 amide bonds. The lowest BCUT2D eigenvalue weighted by Crippen LogP contribution is -2.39. The van der Waals surface area contributed by atoms with Crippen LogP contribution >= 0.6 is 0 Å². The van der Waals surface area contributed by atoms with Crippen molar-refractivity contribution in [1.29, 1.82) is 0 Å². The summed E-state index contributed by atoms with van der Waals surface area (Å²) in [7, 11) is 0. The number of amides is 1. The Morgan fingerprint density at radius 2 is 1.61 bits per heavy atom. The SMILES string of the molecule is C=CCC(CC=C)=C(CC=C)C(=O)N(N)CCC. The van der Waals surface area contributed by atoms with Gasteiger partial charge >= 0.3 is 0 Å². The molecule has 0 aromatic heterocycles. The van der Waals surface area contributed by atoms with Gasteiger partial charge in [0.05, 0.1) is 0 Å². The van der Waals surface area contributed by atoms with E-state index >= 15 is 0 Å². The highest BCUT2D eigenvalue weighted by Gasteiger charge is 2.17. The van der Waals surface area contributed by atoms with Crippen molar-refractivity contribution < 1.29 is 4.79 Å². The van der Waals surface area contributed by atoms with Gasteiger partial charge in [-0.3, -0.25) is 9.80 Å². The summed E-state index contributed by atoms with van der Waals surface area (Å²) in [5.41, 5.74) is 1.72. The van der Waals surface area contributed by atoms with Crippen molar-refractivity contribution in [3.8, 4) is 0 Å². The standard InChI is InChI=1S/C15H24N2O/c1-5-9-13(10-6-2)14(11-7-3)15(18)17(16)12-8-4/h5-7H,1-3,8-12,16H2,4H3. The first-order valence-corrected chi connectivity index (χ1v) is 6.22. The normalized spacial score (nSPS) is 9.44. The molecule has 0 aliphatic carbocycles. The van der Waals surface area contributed by atoms with Crippen LogP contribution in [0.5, 0.6) is 0 Å². The highest BCUT2D eigenvalue weighted by atomic mass is 16.2. The fraction of sp³-hybridized carbons (Fsp3) is 0.400. The predicted molar refractivity (Wildman–Crippen MR) is 77.7 cm³/mol. The third-order valence-electron chi connectivity index (χ3n) is 2.54. The van der Waals surface area contributed by atoms with E-state index in [0.29, 0.717) is 31.4 Å². The van der Waals surface area contributed by atoms with Crippen molar-refractivity contribution in [2.24, 2.45) is 5.84 Å². The van der Waals surface area contributed by atoms with Gasteiger partial charge < -0.3 is 0 Å². The first kappa shape index (κ1) is 16.4. The monoisotopic (exact) mass is 248 g/mol. The summed E-state index contributed by atoms with van der Waals surface area (Å²) >= 11 is 0. The van der Waals surface area contributed by atoms with Gasteiger partial charge in [0.2, 0.25) is 0 Å². The molecule has 18 heavy (non-hydrogen) atoms. The molecule has 0 bridgehead atoms. The van der Waals surface area contributed by atoms with Crippen LogP contribution in [0.25, 0.3) is 0 Å². The summed E-state index contributed by atoms with van der Waals surface area (Å²) in [4.78, 5) is 12.2. The van der Waals surface area contributed by atoms with Gasteiger partial charge in [-0.2, -0.15) is 0 Å². The van der Waals surface area contributed by atoms with Gasteiger partial charge in [0.15, 0.2) is 0 Å². The first-order valence-electron chi connectivity index (χ1n) is 6.22. The fourth-order valence-corrected chi connectivity index (χ4v) is 1.72. The van der Waals surface area contributed by atoms with Crippen LogP contribution in [0.15, 0.2) is 49.1 Å². The molecule has 2 N–H and O–H groups in total. The summed E-state index contributed by atoms with van der Waals surface area (Å²) < 4.78 is 0. The van der Waals surface area contributed by atoms with Crippen LogP contribution in [0.2, 0.25) is 0 Å². The highest BCUT2D eigenvalue weighted by molar-refractivity contribution is 5.94. The zero-order chi connectivity index (χ0) is 14.0. The van der Waals surface area contributed by atoms with Gasteiger partial charge in [0, 0.05) is 12.1 Å². The van der Waals surface area contributed by atoms with Gasteiger partial charge in [-0.25, -0.2) is 5.84 Å². The van der Waals surface area contributed by atoms with Crippen LogP contribution in [0.1, 0.15) is 32.6 Å². The third-order valence-corrected chi connectivity index (χ3v) is 2.54. The van der Waals surface area contributed by atoms with E-state index in [2.05, 4.69) is 19.7 Å². The lowest BCUT2D eigenvalue weighted by molar-refractivity contribution is -0.127. The summed E-state index contributed by atoms with van der Waals surface area (Å²) in [6.45, 7) is 13.7. The van der Waals surface area contributed by atoms with Crippen LogP contribution in [-0.2, 0) is 4.79 Å². The number of hydrogen-bond acceptors (Lipinski definition) is 2. The lowest BCUT2D eigenvalue weighted by Gasteiger charge is -2.19. The Balaban J connectivity index is 5.25. The minimum absolute atomic E-state index is 0.129. The van der Waals surface area contributed by atoms with Crippen LogP contribution in [0.3, 0.4) is 0 Å². The van der Waals surface area contributed by atoms with Gasteiger partial charge in [-0.1, -0.05) is 30.7 Å². The number of hydrogen-bond donors (Lipinski definition) is 1. The predicted octanol–water partition coefficient (Wildman–Crippen LogP) is 3.12. The number of hydrazine groups is 1. The zero-order valence-corrected chi connectivity index (χ0v) is 11.3. The second-order valence-corrected chi connectivity index (χ2v) is 4.06. The summed E-state index contributed by atoms with van der Waals surface area (Å²) in [6.07, 6.45) is 7.99. The Labute approximate surface area is 110 Å². The molecule has 0 saturated carbocycles. The number of nitrogens with two attached hydrogens (primary N) is 1. The van der Waals surface area contributed by atoms with Gasteiger partial charge in [-0.15, -0.1) is 19.7 Å². The Morgan fingerprint density at radius 3 is 2.00 bits per heavy atom. The minimum Gasteiger partial charge on any atom is -0.277 e. The lowest BCUT2D eigenvalue weighted by atomic mass is 9.98. The second-order valence-electron chi connectivity index (χ2n) is 4.06. The minimum atomic E-state index is -0.129. The fourth-order valence-electron chi connectivity index (χ4n) is 1.72. The van der Waals surface area contributed by atoms with Crippen LogP contribution < -0.4 is 5.84 Å². The molecular formula is C15H24N2O. The van der Waals surface area contributed by atoms with Crippen molar-refractivity contribution in [1.82, 2.24) is 5.01 Å². The molecule has 0 aliphatic heterocycles. The molecular weight excluding hydrogens is 224 g/mol. The molecule has 0 fully saturated rings. The van der Waals surface area contributed by atoms with E-state index in [9.17, 15) is 4.79 Å². The average Bonchev–Trinajstić information content (AvgIpc) is 2.35. The van der Waals surface area contributed by atoms with Crippen molar-refractivity contribution in [2.45, 2.75) is 32.6 Å². The summed E-state index contributed by atoms with van der Waals surface area (Å²) in [5.74, 6) is 5.62. The van der Waals surface area contributed by atoms with Crippen LogP contribution in [-0.4, -0.2) is 17.5 Å². The molecule has 0 heterocycles. The topological polar surface area (TPSA) is 46.3 Å². The van der Waals surface area contributed by atoms with Gasteiger partial charge in [-0.05, 0) is 25.7 Å². The van der Waals surface area contributed by atoms with Crippen molar-refractivity contribution in [3.05, 3.63) is 49.1 Å². The molecule has 0 rings (SSSR count). The summed E-state index contributed by atoms with van der Waals surface area (Å²) in [6, 6.07) is 0. The van der Waals surface area contributed by atoms with E-state index in [1.165, 1.54) is 5.01 Å².